The number of aromatic nitrogens is 1. The Morgan fingerprint density at radius 1 is 1.60 bits per heavy atom. The summed E-state index contributed by atoms with van der Waals surface area (Å²) in [6, 6.07) is 0. The van der Waals surface area contributed by atoms with Gasteiger partial charge in [-0.3, -0.25) is 9.59 Å². The largest absolute Gasteiger partial charge is 0.481 e. The van der Waals surface area contributed by atoms with Crippen molar-refractivity contribution in [3.8, 4) is 0 Å². The maximum absolute atomic E-state index is 11.0. The first-order valence-corrected chi connectivity index (χ1v) is 4.30. The summed E-state index contributed by atoms with van der Waals surface area (Å²) in [6.07, 6.45) is 2.38. The molecule has 1 aromatic rings. The second-order valence-electron chi connectivity index (χ2n) is 2.98. The van der Waals surface area contributed by atoms with Crippen molar-refractivity contribution in [2.75, 3.05) is 7.11 Å². The van der Waals surface area contributed by atoms with Gasteiger partial charge in [-0.05, 0) is 0 Å². The van der Waals surface area contributed by atoms with Gasteiger partial charge in [0.25, 0.3) is 0 Å². The summed E-state index contributed by atoms with van der Waals surface area (Å²) in [7, 11) is 1.25. The molecule has 1 unspecified atom stereocenters. The zero-order chi connectivity index (χ0) is 11.3. The fraction of sp³-hybridized carbons (Fsp3) is 0.444. The quantitative estimate of drug-likeness (QED) is 0.727. The summed E-state index contributed by atoms with van der Waals surface area (Å²) in [5.74, 6) is -1.63. The second-order valence-corrected chi connectivity index (χ2v) is 2.98. The predicted molar refractivity (Wildman–Crippen MR) is 48.1 cm³/mol. The van der Waals surface area contributed by atoms with Crippen molar-refractivity contribution in [2.45, 2.75) is 18.8 Å². The van der Waals surface area contributed by atoms with E-state index >= 15 is 0 Å². The Morgan fingerprint density at radius 3 is 2.80 bits per heavy atom. The summed E-state index contributed by atoms with van der Waals surface area (Å²) in [5.41, 5.74) is 0. The number of hydrogen-bond donors (Lipinski definition) is 1. The van der Waals surface area contributed by atoms with Gasteiger partial charge in [0.2, 0.25) is 0 Å². The van der Waals surface area contributed by atoms with Crippen molar-refractivity contribution in [3.63, 3.8) is 0 Å². The van der Waals surface area contributed by atoms with Crippen LogP contribution in [0.15, 0.2) is 17.0 Å². The Labute approximate surface area is 85.9 Å². The highest BCUT2D eigenvalue weighted by molar-refractivity contribution is 5.73. The highest BCUT2D eigenvalue weighted by atomic mass is 16.5. The molecule has 0 bridgehead atoms. The van der Waals surface area contributed by atoms with Crippen LogP contribution in [0.3, 0.4) is 0 Å². The van der Waals surface area contributed by atoms with Crippen LogP contribution in [0, 0.1) is 0 Å². The van der Waals surface area contributed by atoms with E-state index in [4.69, 9.17) is 9.52 Å². The molecule has 0 saturated carbocycles. The lowest BCUT2D eigenvalue weighted by atomic mass is 9.99. The van der Waals surface area contributed by atoms with Gasteiger partial charge in [-0.25, -0.2) is 4.98 Å². The van der Waals surface area contributed by atoms with Gasteiger partial charge in [0.15, 0.2) is 6.39 Å². The van der Waals surface area contributed by atoms with Gasteiger partial charge in [0.05, 0.1) is 26.1 Å². The van der Waals surface area contributed by atoms with E-state index in [9.17, 15) is 9.59 Å². The lowest BCUT2D eigenvalue weighted by Gasteiger charge is -2.09. The van der Waals surface area contributed by atoms with E-state index in [2.05, 4.69) is 9.72 Å². The Balaban J connectivity index is 2.70. The lowest BCUT2D eigenvalue weighted by Crippen LogP contribution is -2.12. The third-order valence-electron chi connectivity index (χ3n) is 1.92. The maximum Gasteiger partial charge on any atom is 0.306 e. The fourth-order valence-electron chi connectivity index (χ4n) is 1.20. The van der Waals surface area contributed by atoms with Crippen molar-refractivity contribution in [3.05, 3.63) is 18.4 Å². The molecular formula is C9H11NO5. The molecule has 1 aromatic heterocycles. The molecule has 0 aromatic carbocycles. The summed E-state index contributed by atoms with van der Waals surface area (Å²) >= 11 is 0. The summed E-state index contributed by atoms with van der Waals surface area (Å²) < 4.78 is 9.43. The molecule has 0 spiro atoms. The first-order chi connectivity index (χ1) is 7.13. The lowest BCUT2D eigenvalue weighted by molar-refractivity contribution is -0.142. The molecule has 0 aliphatic carbocycles. The van der Waals surface area contributed by atoms with Crippen molar-refractivity contribution >= 4 is 11.9 Å². The molecule has 0 aliphatic rings. The summed E-state index contributed by atoms with van der Waals surface area (Å²) in [5, 5.41) is 8.65. The van der Waals surface area contributed by atoms with Crippen molar-refractivity contribution in [1.29, 1.82) is 0 Å². The average Bonchev–Trinajstić information content (AvgIpc) is 2.68. The van der Waals surface area contributed by atoms with Crippen LogP contribution >= 0.6 is 0 Å². The van der Waals surface area contributed by atoms with Crippen LogP contribution in [-0.2, 0) is 14.3 Å². The van der Waals surface area contributed by atoms with Gasteiger partial charge in [-0.2, -0.15) is 0 Å². The SMILES string of the molecule is COC(=O)CC(CC(=O)O)c1cnco1. The average molecular weight is 213 g/mol. The molecule has 1 N–H and O–H groups in total. The molecule has 15 heavy (non-hydrogen) atoms. The molecule has 1 rings (SSSR count). The monoisotopic (exact) mass is 213 g/mol. The van der Waals surface area contributed by atoms with Crippen LogP contribution in [0.5, 0.6) is 0 Å². The molecule has 6 heteroatoms. The first-order valence-electron chi connectivity index (χ1n) is 4.30. The zero-order valence-corrected chi connectivity index (χ0v) is 8.17. The predicted octanol–water partition coefficient (Wildman–Crippen LogP) is 0.796. The summed E-state index contributed by atoms with van der Waals surface area (Å²) in [6.45, 7) is 0. The molecule has 82 valence electrons. The molecule has 0 saturated heterocycles. The van der Waals surface area contributed by atoms with Gasteiger partial charge in [0, 0.05) is 5.92 Å². The van der Waals surface area contributed by atoms with Crippen LogP contribution in [0.1, 0.15) is 24.5 Å². The standard InChI is InChI=1S/C9H11NO5/c1-14-9(13)3-6(2-8(11)12)7-4-10-5-15-7/h4-6H,2-3H2,1H3,(H,11,12). The van der Waals surface area contributed by atoms with Crippen molar-refractivity contribution in [2.24, 2.45) is 0 Å². The van der Waals surface area contributed by atoms with Crippen LogP contribution in [-0.4, -0.2) is 29.1 Å². The van der Waals surface area contributed by atoms with Gasteiger partial charge in [-0.1, -0.05) is 0 Å². The topological polar surface area (TPSA) is 89.6 Å². The zero-order valence-electron chi connectivity index (χ0n) is 8.17. The number of carboxylic acids is 1. The first kappa shape index (κ1) is 11.2. The van der Waals surface area contributed by atoms with Crippen LogP contribution < -0.4 is 0 Å². The van der Waals surface area contributed by atoms with E-state index in [-0.39, 0.29) is 12.8 Å². The van der Waals surface area contributed by atoms with E-state index in [0.29, 0.717) is 5.76 Å². The molecule has 0 amide bonds. The number of esters is 1. The third kappa shape index (κ3) is 3.41. The molecular weight excluding hydrogens is 202 g/mol. The normalized spacial score (nSPS) is 12.1. The molecule has 0 fully saturated rings. The highest BCUT2D eigenvalue weighted by Gasteiger charge is 2.22. The van der Waals surface area contributed by atoms with Crippen molar-refractivity contribution < 1.29 is 23.8 Å². The molecule has 6 nitrogen and oxygen atoms in total. The Morgan fingerprint density at radius 2 is 2.33 bits per heavy atom. The Hall–Kier alpha value is -1.85. The number of oxazole rings is 1. The Kier molecular flexibility index (Phi) is 3.84. The number of aliphatic carboxylic acids is 1. The summed E-state index contributed by atoms with van der Waals surface area (Å²) in [4.78, 5) is 25.3. The minimum Gasteiger partial charge on any atom is -0.481 e. The van der Waals surface area contributed by atoms with Gasteiger partial charge < -0.3 is 14.3 Å². The molecule has 0 aliphatic heterocycles. The van der Waals surface area contributed by atoms with Gasteiger partial charge in [0.1, 0.15) is 5.76 Å². The minimum atomic E-state index is -1.000. The number of carboxylic acid groups (broad SMARTS) is 1. The van der Waals surface area contributed by atoms with E-state index in [1.807, 2.05) is 0 Å². The van der Waals surface area contributed by atoms with E-state index < -0.39 is 17.9 Å². The van der Waals surface area contributed by atoms with Crippen LogP contribution in [0.2, 0.25) is 0 Å². The number of nitrogens with zero attached hydrogens (tertiary/aromatic N) is 1. The number of carbonyl (C=O) groups excluding carboxylic acids is 1. The van der Waals surface area contributed by atoms with Crippen LogP contribution in [0.25, 0.3) is 0 Å². The van der Waals surface area contributed by atoms with Crippen molar-refractivity contribution in [1.82, 2.24) is 4.98 Å². The molecule has 1 heterocycles. The van der Waals surface area contributed by atoms with Gasteiger partial charge in [-0.15, -0.1) is 0 Å². The number of hydrogen-bond acceptors (Lipinski definition) is 5. The van der Waals surface area contributed by atoms with E-state index in [1.165, 1.54) is 19.7 Å². The number of ether oxygens (including phenoxy) is 1. The molecule has 0 radical (unpaired) electrons. The smallest absolute Gasteiger partial charge is 0.306 e. The number of carbonyl (C=O) groups is 2. The third-order valence-corrected chi connectivity index (χ3v) is 1.92. The van der Waals surface area contributed by atoms with Crippen LogP contribution in [0.4, 0.5) is 0 Å². The van der Waals surface area contributed by atoms with Gasteiger partial charge >= 0.3 is 11.9 Å². The number of rotatable bonds is 5. The molecule has 1 atom stereocenters. The maximum atomic E-state index is 11.0. The fourth-order valence-corrected chi connectivity index (χ4v) is 1.20. The number of methoxy groups -OCH3 is 1. The minimum absolute atomic E-state index is 0.0298. The Bertz CT molecular complexity index is 332. The van der Waals surface area contributed by atoms with E-state index in [1.54, 1.807) is 0 Å². The highest BCUT2D eigenvalue weighted by Crippen LogP contribution is 2.23. The second kappa shape index (κ2) is 5.14. The van der Waals surface area contributed by atoms with E-state index in [0.717, 1.165) is 0 Å².